The molecule has 0 bridgehead atoms. The number of benzene rings is 1. The molecule has 1 unspecified atom stereocenters. The first-order valence-electron chi connectivity index (χ1n) is 5.81. The number of hydrogen-bond acceptors (Lipinski definition) is 4. The summed E-state index contributed by atoms with van der Waals surface area (Å²) in [5.74, 6) is 0. The molecule has 1 atom stereocenters. The molecule has 1 aromatic rings. The molecule has 96 valence electrons. The molecule has 0 heterocycles. The molecule has 0 aromatic heterocycles. The van der Waals surface area contributed by atoms with Crippen LogP contribution >= 0.6 is 0 Å². The van der Waals surface area contributed by atoms with Gasteiger partial charge in [0.15, 0.2) is 0 Å². The van der Waals surface area contributed by atoms with E-state index in [-0.39, 0.29) is 6.61 Å². The van der Waals surface area contributed by atoms with Crippen molar-refractivity contribution in [3.05, 3.63) is 35.9 Å². The number of nitrogens with zero attached hydrogens (tertiary/aromatic N) is 1. The van der Waals surface area contributed by atoms with Crippen LogP contribution in [-0.4, -0.2) is 54.6 Å². The normalized spacial score (nSPS) is 12.9. The van der Waals surface area contributed by atoms with E-state index in [1.54, 1.807) is 0 Å². The van der Waals surface area contributed by atoms with Gasteiger partial charge in [0, 0.05) is 13.1 Å². The maximum atomic E-state index is 9.23. The quantitative estimate of drug-likeness (QED) is 0.648. The highest BCUT2D eigenvalue weighted by atomic mass is 16.5. The SMILES string of the molecule is CN(CCOCc1ccccc1)CC(O)CO. The lowest BCUT2D eigenvalue weighted by atomic mass is 10.2. The largest absolute Gasteiger partial charge is 0.394 e. The molecule has 0 saturated carbocycles. The van der Waals surface area contributed by atoms with Gasteiger partial charge in [0.05, 0.1) is 25.9 Å². The van der Waals surface area contributed by atoms with Gasteiger partial charge in [0.1, 0.15) is 0 Å². The van der Waals surface area contributed by atoms with E-state index in [2.05, 4.69) is 0 Å². The molecule has 0 fully saturated rings. The topological polar surface area (TPSA) is 52.9 Å². The maximum Gasteiger partial charge on any atom is 0.0897 e. The molecule has 0 aliphatic heterocycles. The highest BCUT2D eigenvalue weighted by Gasteiger charge is 2.05. The van der Waals surface area contributed by atoms with Crippen LogP contribution in [0.3, 0.4) is 0 Å². The summed E-state index contributed by atoms with van der Waals surface area (Å²) in [5.41, 5.74) is 1.16. The Balaban J connectivity index is 2.08. The molecule has 2 N–H and O–H groups in total. The fraction of sp³-hybridized carbons (Fsp3) is 0.538. The second-order valence-corrected chi connectivity index (χ2v) is 4.14. The van der Waals surface area contributed by atoms with Crippen LogP contribution in [0.5, 0.6) is 0 Å². The van der Waals surface area contributed by atoms with E-state index in [9.17, 15) is 5.11 Å². The molecular weight excluding hydrogens is 218 g/mol. The molecule has 0 spiro atoms. The smallest absolute Gasteiger partial charge is 0.0897 e. The highest BCUT2D eigenvalue weighted by molar-refractivity contribution is 5.13. The van der Waals surface area contributed by atoms with Gasteiger partial charge in [0.25, 0.3) is 0 Å². The Morgan fingerprint density at radius 1 is 1.29 bits per heavy atom. The first-order valence-corrected chi connectivity index (χ1v) is 5.81. The van der Waals surface area contributed by atoms with Crippen molar-refractivity contribution in [3.63, 3.8) is 0 Å². The van der Waals surface area contributed by atoms with Gasteiger partial charge in [-0.25, -0.2) is 0 Å². The Bertz CT molecular complexity index is 292. The summed E-state index contributed by atoms with van der Waals surface area (Å²) >= 11 is 0. The zero-order valence-electron chi connectivity index (χ0n) is 10.2. The van der Waals surface area contributed by atoms with Crippen molar-refractivity contribution in [1.82, 2.24) is 4.90 Å². The average Bonchev–Trinajstić information content (AvgIpc) is 2.36. The van der Waals surface area contributed by atoms with E-state index in [0.717, 1.165) is 12.1 Å². The summed E-state index contributed by atoms with van der Waals surface area (Å²) < 4.78 is 5.52. The minimum absolute atomic E-state index is 0.199. The van der Waals surface area contributed by atoms with Gasteiger partial charge in [-0.3, -0.25) is 0 Å². The summed E-state index contributed by atoms with van der Waals surface area (Å²) in [6, 6.07) is 10.0. The Hall–Kier alpha value is -0.940. The van der Waals surface area contributed by atoms with Crippen LogP contribution in [0.4, 0.5) is 0 Å². The number of aliphatic hydroxyl groups is 2. The minimum atomic E-state index is -0.672. The molecule has 1 aromatic carbocycles. The van der Waals surface area contributed by atoms with E-state index in [1.807, 2.05) is 42.3 Å². The van der Waals surface area contributed by atoms with Crippen LogP contribution in [0.2, 0.25) is 0 Å². The van der Waals surface area contributed by atoms with Crippen molar-refractivity contribution in [2.24, 2.45) is 0 Å². The van der Waals surface area contributed by atoms with Crippen LogP contribution in [0.25, 0.3) is 0 Å². The molecule has 4 heteroatoms. The summed E-state index contributed by atoms with van der Waals surface area (Å²) in [4.78, 5) is 1.94. The first-order chi connectivity index (χ1) is 8.22. The third-order valence-electron chi connectivity index (χ3n) is 2.46. The second kappa shape index (κ2) is 8.20. The van der Waals surface area contributed by atoms with Crippen LogP contribution in [0.1, 0.15) is 5.56 Å². The number of aliphatic hydroxyl groups excluding tert-OH is 2. The highest BCUT2D eigenvalue weighted by Crippen LogP contribution is 2.00. The van der Waals surface area contributed by atoms with Crippen molar-refractivity contribution in [3.8, 4) is 0 Å². The number of rotatable bonds is 8. The fourth-order valence-electron chi connectivity index (χ4n) is 1.49. The summed E-state index contributed by atoms with van der Waals surface area (Å²) in [6.45, 7) is 2.23. The lowest BCUT2D eigenvalue weighted by molar-refractivity contribution is 0.0496. The van der Waals surface area contributed by atoms with Crippen molar-refractivity contribution in [2.45, 2.75) is 12.7 Å². The molecule has 0 radical (unpaired) electrons. The molecule has 1 rings (SSSR count). The standard InChI is InChI=1S/C13H21NO3/c1-14(9-13(16)10-15)7-8-17-11-12-5-3-2-4-6-12/h2-6,13,15-16H,7-11H2,1H3. The van der Waals surface area contributed by atoms with Crippen molar-refractivity contribution in [2.75, 3.05) is 33.4 Å². The van der Waals surface area contributed by atoms with Crippen molar-refractivity contribution >= 4 is 0 Å². The van der Waals surface area contributed by atoms with Crippen LogP contribution in [0, 0.1) is 0 Å². The van der Waals surface area contributed by atoms with Crippen LogP contribution < -0.4 is 0 Å². The summed E-state index contributed by atoms with van der Waals surface area (Å²) in [7, 11) is 1.89. The second-order valence-electron chi connectivity index (χ2n) is 4.14. The Morgan fingerprint density at radius 2 is 2.00 bits per heavy atom. The van der Waals surface area contributed by atoms with Gasteiger partial charge >= 0.3 is 0 Å². The maximum absolute atomic E-state index is 9.23. The van der Waals surface area contributed by atoms with E-state index in [4.69, 9.17) is 9.84 Å². The van der Waals surface area contributed by atoms with Crippen molar-refractivity contribution in [1.29, 1.82) is 0 Å². The van der Waals surface area contributed by atoms with E-state index in [1.165, 1.54) is 0 Å². The summed E-state index contributed by atoms with van der Waals surface area (Å²) in [6.07, 6.45) is -0.672. The van der Waals surface area contributed by atoms with Gasteiger partial charge in [0.2, 0.25) is 0 Å². The van der Waals surface area contributed by atoms with Crippen LogP contribution in [0.15, 0.2) is 30.3 Å². The van der Waals surface area contributed by atoms with Gasteiger partial charge in [-0.2, -0.15) is 0 Å². The monoisotopic (exact) mass is 239 g/mol. The molecule has 0 saturated heterocycles. The predicted octanol–water partition coefficient (Wildman–Crippen LogP) is 0.488. The molecular formula is C13H21NO3. The van der Waals surface area contributed by atoms with Crippen molar-refractivity contribution < 1.29 is 14.9 Å². The third-order valence-corrected chi connectivity index (χ3v) is 2.46. The molecule has 0 amide bonds. The average molecular weight is 239 g/mol. The van der Waals surface area contributed by atoms with Gasteiger partial charge in [-0.1, -0.05) is 30.3 Å². The van der Waals surface area contributed by atoms with E-state index < -0.39 is 6.10 Å². The lowest BCUT2D eigenvalue weighted by Gasteiger charge is -2.19. The van der Waals surface area contributed by atoms with Gasteiger partial charge in [-0.15, -0.1) is 0 Å². The Labute approximate surface area is 102 Å². The molecule has 4 nitrogen and oxygen atoms in total. The Morgan fingerprint density at radius 3 is 2.65 bits per heavy atom. The molecule has 17 heavy (non-hydrogen) atoms. The first kappa shape index (κ1) is 14.1. The zero-order chi connectivity index (χ0) is 12.5. The number of ether oxygens (including phenoxy) is 1. The third kappa shape index (κ3) is 6.38. The Kier molecular flexibility index (Phi) is 6.81. The van der Waals surface area contributed by atoms with Crippen LogP contribution in [-0.2, 0) is 11.3 Å². The van der Waals surface area contributed by atoms with Gasteiger partial charge in [-0.05, 0) is 12.6 Å². The molecule has 0 aliphatic rings. The lowest BCUT2D eigenvalue weighted by Crippen LogP contribution is -2.33. The fourth-order valence-corrected chi connectivity index (χ4v) is 1.49. The van der Waals surface area contributed by atoms with Gasteiger partial charge < -0.3 is 19.8 Å². The minimum Gasteiger partial charge on any atom is -0.394 e. The predicted molar refractivity (Wildman–Crippen MR) is 66.7 cm³/mol. The zero-order valence-corrected chi connectivity index (χ0v) is 10.2. The van der Waals surface area contributed by atoms with E-state index >= 15 is 0 Å². The molecule has 0 aliphatic carbocycles. The van der Waals surface area contributed by atoms with E-state index in [0.29, 0.717) is 19.8 Å². The number of hydrogen-bond donors (Lipinski definition) is 2. The number of likely N-dealkylation sites (N-methyl/N-ethyl adjacent to an activating group) is 1. The summed E-state index contributed by atoms with van der Waals surface area (Å²) in [5, 5.41) is 17.9.